The molecule has 0 bridgehead atoms. The van der Waals surface area contributed by atoms with Crippen LogP contribution in [-0.4, -0.2) is 15.2 Å². The highest BCUT2D eigenvalue weighted by Crippen LogP contribution is 2.49. The molecule has 146 valence electrons. The molecule has 0 spiro atoms. The van der Waals surface area contributed by atoms with Crippen LogP contribution < -0.4 is 4.74 Å². The van der Waals surface area contributed by atoms with Gasteiger partial charge in [-0.3, -0.25) is 0 Å². The Morgan fingerprint density at radius 3 is 2.15 bits per heavy atom. The van der Waals surface area contributed by atoms with Gasteiger partial charge in [0.25, 0.3) is 0 Å². The second-order valence-electron chi connectivity index (χ2n) is 9.41. The highest BCUT2D eigenvalue weighted by atomic mass is 28.3. The average Bonchev–Trinajstić information content (AvgIpc) is 2.69. The summed E-state index contributed by atoms with van der Waals surface area (Å²) in [5.74, 6) is 2.84. The lowest BCUT2D eigenvalue weighted by Gasteiger charge is -2.44. The topological polar surface area (TPSA) is 9.23 Å². The third-order valence-corrected chi connectivity index (χ3v) is 13.2. The van der Waals surface area contributed by atoms with Crippen molar-refractivity contribution in [2.45, 2.75) is 101 Å². The molecule has 1 nitrogen and oxygen atoms in total. The molecule has 1 heterocycles. The van der Waals surface area contributed by atoms with Gasteiger partial charge in [-0.25, -0.2) is 0 Å². The molecular formula is C24H40OSi. The summed E-state index contributed by atoms with van der Waals surface area (Å²) in [4.78, 5) is 0. The minimum Gasteiger partial charge on any atom is -0.497 e. The molecule has 0 amide bonds. The lowest BCUT2D eigenvalue weighted by Crippen LogP contribution is -2.41. The number of rotatable bonds is 7. The maximum atomic E-state index is 5.32. The van der Waals surface area contributed by atoms with Crippen molar-refractivity contribution in [2.24, 2.45) is 5.92 Å². The molecule has 1 aromatic carbocycles. The lowest BCUT2D eigenvalue weighted by molar-refractivity contribution is 0.323. The summed E-state index contributed by atoms with van der Waals surface area (Å²) < 4.78 is 5.32. The van der Waals surface area contributed by atoms with E-state index in [2.05, 4.69) is 37.7 Å². The Morgan fingerprint density at radius 1 is 0.923 bits per heavy atom. The van der Waals surface area contributed by atoms with Gasteiger partial charge in [-0.15, -0.1) is 0 Å². The molecule has 1 saturated carbocycles. The molecule has 1 aliphatic carbocycles. The molecule has 3 rings (SSSR count). The smallest absolute Gasteiger partial charge is 0.118 e. The van der Waals surface area contributed by atoms with E-state index in [-0.39, 0.29) is 0 Å². The van der Waals surface area contributed by atoms with E-state index >= 15 is 0 Å². The van der Waals surface area contributed by atoms with E-state index in [9.17, 15) is 0 Å². The third-order valence-electron chi connectivity index (χ3n) is 7.76. The summed E-state index contributed by atoms with van der Waals surface area (Å²) in [6, 6.07) is 12.0. The van der Waals surface area contributed by atoms with Crippen molar-refractivity contribution in [3.63, 3.8) is 0 Å². The first-order valence-electron chi connectivity index (χ1n) is 11.3. The Hall–Kier alpha value is -0.763. The zero-order valence-corrected chi connectivity index (χ0v) is 18.4. The Labute approximate surface area is 162 Å². The maximum absolute atomic E-state index is 5.32. The number of hydrogen-bond donors (Lipinski definition) is 0. The fourth-order valence-electron chi connectivity index (χ4n) is 5.73. The van der Waals surface area contributed by atoms with E-state index in [4.69, 9.17) is 4.74 Å². The number of unbranched alkanes of at least 4 members (excludes halogenated alkanes) is 2. The molecule has 2 aliphatic rings. The molecule has 1 aromatic rings. The molecule has 0 unspecified atom stereocenters. The van der Waals surface area contributed by atoms with Gasteiger partial charge in [0.05, 0.1) is 15.2 Å². The fourth-order valence-corrected chi connectivity index (χ4v) is 10.5. The van der Waals surface area contributed by atoms with Gasteiger partial charge in [0.2, 0.25) is 0 Å². The van der Waals surface area contributed by atoms with Gasteiger partial charge in [0.15, 0.2) is 0 Å². The largest absolute Gasteiger partial charge is 0.497 e. The molecule has 2 heteroatoms. The summed E-state index contributed by atoms with van der Waals surface area (Å²) >= 11 is 0. The summed E-state index contributed by atoms with van der Waals surface area (Å²) in [6.07, 6.45) is 14.9. The Kier molecular flexibility index (Phi) is 7.25. The monoisotopic (exact) mass is 372 g/mol. The molecule has 0 radical (unpaired) electrons. The van der Waals surface area contributed by atoms with Crippen molar-refractivity contribution >= 4 is 8.07 Å². The average molecular weight is 373 g/mol. The van der Waals surface area contributed by atoms with Crippen LogP contribution in [0.1, 0.15) is 82.6 Å². The van der Waals surface area contributed by atoms with Crippen LogP contribution in [0.15, 0.2) is 24.3 Å². The predicted molar refractivity (Wildman–Crippen MR) is 116 cm³/mol. The number of ether oxygens (including phenoxy) is 1. The lowest BCUT2D eigenvalue weighted by atomic mass is 9.85. The Balaban J connectivity index is 1.47. The van der Waals surface area contributed by atoms with Crippen LogP contribution in [0.25, 0.3) is 0 Å². The minimum absolute atomic E-state index is 0.798. The van der Waals surface area contributed by atoms with Crippen LogP contribution in [0.2, 0.25) is 24.2 Å². The van der Waals surface area contributed by atoms with Crippen LogP contribution in [-0.2, 0) is 0 Å². The SMILES string of the molecule is CCCCCC1CCC([Si]2(C)CCC(c3ccc(OC)cc3)CC2)CC1. The maximum Gasteiger partial charge on any atom is 0.118 e. The number of benzene rings is 1. The summed E-state index contributed by atoms with van der Waals surface area (Å²) in [6.45, 7) is 5.07. The first-order valence-corrected chi connectivity index (χ1v) is 14.3. The highest BCUT2D eigenvalue weighted by molar-refractivity contribution is 6.80. The van der Waals surface area contributed by atoms with Gasteiger partial charge in [-0.05, 0) is 47.9 Å². The van der Waals surface area contributed by atoms with E-state index in [1.807, 2.05) is 0 Å². The van der Waals surface area contributed by atoms with E-state index in [0.717, 1.165) is 23.1 Å². The van der Waals surface area contributed by atoms with Gasteiger partial charge in [0.1, 0.15) is 5.75 Å². The van der Waals surface area contributed by atoms with E-state index in [0.29, 0.717) is 0 Å². The van der Waals surface area contributed by atoms with Gasteiger partial charge >= 0.3 is 0 Å². The molecule has 26 heavy (non-hydrogen) atoms. The van der Waals surface area contributed by atoms with Crippen LogP contribution in [0.3, 0.4) is 0 Å². The van der Waals surface area contributed by atoms with Gasteiger partial charge in [0, 0.05) is 0 Å². The molecule has 0 atom stereocenters. The van der Waals surface area contributed by atoms with Gasteiger partial charge in [-0.1, -0.05) is 89.1 Å². The fraction of sp³-hybridized carbons (Fsp3) is 0.750. The van der Waals surface area contributed by atoms with Crippen LogP contribution >= 0.6 is 0 Å². The van der Waals surface area contributed by atoms with Crippen molar-refractivity contribution in [3.05, 3.63) is 29.8 Å². The Morgan fingerprint density at radius 2 is 1.58 bits per heavy atom. The van der Waals surface area contributed by atoms with Crippen LogP contribution in [0.5, 0.6) is 5.75 Å². The number of hydrogen-bond acceptors (Lipinski definition) is 1. The summed E-state index contributed by atoms with van der Waals surface area (Å²) in [5.41, 5.74) is 2.67. The van der Waals surface area contributed by atoms with Crippen molar-refractivity contribution in [3.8, 4) is 5.75 Å². The molecule has 1 aliphatic heterocycles. The van der Waals surface area contributed by atoms with E-state index < -0.39 is 8.07 Å². The first-order chi connectivity index (χ1) is 12.6. The van der Waals surface area contributed by atoms with Gasteiger partial charge in [-0.2, -0.15) is 0 Å². The van der Waals surface area contributed by atoms with Crippen molar-refractivity contribution in [1.29, 1.82) is 0 Å². The molecular weight excluding hydrogens is 332 g/mol. The minimum atomic E-state index is -1.02. The second-order valence-corrected chi connectivity index (χ2v) is 14.5. The van der Waals surface area contributed by atoms with E-state index in [1.165, 1.54) is 38.5 Å². The standard InChI is InChI=1S/C24H40OSi/c1-4-5-6-7-20-8-14-24(15-9-20)26(3)18-16-22(17-19-26)21-10-12-23(25-2)13-11-21/h10-13,20,22,24H,4-9,14-19H2,1-3H3. The zero-order chi connectivity index (χ0) is 18.4. The van der Waals surface area contributed by atoms with Crippen LogP contribution in [0.4, 0.5) is 0 Å². The first kappa shape index (κ1) is 20.0. The normalized spacial score (nSPS) is 32.3. The Bertz CT molecular complexity index is 522. The molecule has 0 aromatic heterocycles. The second kappa shape index (κ2) is 9.44. The quantitative estimate of drug-likeness (QED) is 0.350. The molecule has 1 saturated heterocycles. The summed E-state index contributed by atoms with van der Waals surface area (Å²) in [7, 11) is 0.735. The predicted octanol–water partition coefficient (Wildman–Crippen LogP) is 7.79. The number of methoxy groups -OCH3 is 1. The molecule has 0 N–H and O–H groups in total. The van der Waals surface area contributed by atoms with Crippen molar-refractivity contribution in [1.82, 2.24) is 0 Å². The molecule has 2 fully saturated rings. The van der Waals surface area contributed by atoms with Gasteiger partial charge < -0.3 is 4.74 Å². The van der Waals surface area contributed by atoms with Crippen molar-refractivity contribution < 1.29 is 4.74 Å². The summed E-state index contributed by atoms with van der Waals surface area (Å²) in [5, 5.41) is 0. The third kappa shape index (κ3) is 4.94. The van der Waals surface area contributed by atoms with Crippen LogP contribution in [0, 0.1) is 5.92 Å². The zero-order valence-electron chi connectivity index (χ0n) is 17.4. The van der Waals surface area contributed by atoms with E-state index in [1.54, 1.807) is 50.4 Å². The highest BCUT2D eigenvalue weighted by Gasteiger charge is 2.41. The van der Waals surface area contributed by atoms with Crippen molar-refractivity contribution in [2.75, 3.05) is 7.11 Å².